The Morgan fingerprint density at radius 3 is 2.10 bits per heavy atom. The summed E-state index contributed by atoms with van der Waals surface area (Å²) in [7, 11) is 0. The molecule has 0 aromatic heterocycles. The minimum absolute atomic E-state index is 0.0381. The topological polar surface area (TPSA) is 36.9 Å². The monoisotopic (exact) mass is 408 g/mol. The highest BCUT2D eigenvalue weighted by molar-refractivity contribution is 4.88. The second-order valence-corrected chi connectivity index (χ2v) is 9.45. The zero-order valence-corrected chi connectivity index (χ0v) is 18.9. The molecule has 0 aromatic rings. The molecule has 0 spiro atoms. The van der Waals surface area contributed by atoms with Crippen LogP contribution in [-0.2, 0) is 18.9 Å². The van der Waals surface area contributed by atoms with E-state index in [9.17, 15) is 0 Å². The first-order valence-electron chi connectivity index (χ1n) is 12.4. The minimum Gasteiger partial charge on any atom is -0.352 e. The van der Waals surface area contributed by atoms with Crippen LogP contribution < -0.4 is 0 Å². The van der Waals surface area contributed by atoms with E-state index in [1.807, 2.05) is 0 Å². The van der Waals surface area contributed by atoms with Crippen LogP contribution in [0.2, 0.25) is 0 Å². The Bertz CT molecular complexity index is 442. The SMILES string of the molecule is CCC=C[C@H]1CO[C@H](CC[C@H]2CO[C@H]([C@H]3CC[C@H](CCCCC)CC3)OC2)OC1. The molecule has 2 saturated heterocycles. The second kappa shape index (κ2) is 13.1. The van der Waals surface area contributed by atoms with Crippen molar-refractivity contribution in [3.05, 3.63) is 12.2 Å². The zero-order chi connectivity index (χ0) is 20.3. The maximum Gasteiger partial charge on any atom is 0.160 e. The summed E-state index contributed by atoms with van der Waals surface area (Å²) in [5.41, 5.74) is 0. The lowest BCUT2D eigenvalue weighted by atomic mass is 9.79. The van der Waals surface area contributed by atoms with Gasteiger partial charge in [0.15, 0.2) is 12.6 Å². The Morgan fingerprint density at radius 1 is 0.724 bits per heavy atom. The highest BCUT2D eigenvalue weighted by Crippen LogP contribution is 2.36. The molecule has 2 aliphatic heterocycles. The van der Waals surface area contributed by atoms with Crippen molar-refractivity contribution in [3.8, 4) is 0 Å². The Hall–Kier alpha value is -0.420. The summed E-state index contributed by atoms with van der Waals surface area (Å²) < 4.78 is 24.1. The highest BCUT2D eigenvalue weighted by atomic mass is 16.7. The molecule has 29 heavy (non-hydrogen) atoms. The van der Waals surface area contributed by atoms with E-state index in [0.717, 1.165) is 51.6 Å². The van der Waals surface area contributed by atoms with Gasteiger partial charge in [0.2, 0.25) is 0 Å². The number of rotatable bonds is 10. The third kappa shape index (κ3) is 7.97. The molecule has 1 aliphatic carbocycles. The van der Waals surface area contributed by atoms with Crippen molar-refractivity contribution in [2.24, 2.45) is 23.7 Å². The van der Waals surface area contributed by atoms with Crippen molar-refractivity contribution in [1.29, 1.82) is 0 Å². The smallest absolute Gasteiger partial charge is 0.160 e. The molecule has 3 rings (SSSR count). The third-order valence-corrected chi connectivity index (χ3v) is 6.93. The number of hydrogen-bond donors (Lipinski definition) is 0. The van der Waals surface area contributed by atoms with Crippen LogP contribution in [-0.4, -0.2) is 39.0 Å². The summed E-state index contributed by atoms with van der Waals surface area (Å²) in [5, 5.41) is 0. The van der Waals surface area contributed by atoms with Gasteiger partial charge in [-0.15, -0.1) is 0 Å². The van der Waals surface area contributed by atoms with E-state index in [1.165, 1.54) is 51.4 Å². The molecule has 2 heterocycles. The lowest BCUT2D eigenvalue weighted by Gasteiger charge is -2.38. The Balaban J connectivity index is 1.25. The molecule has 0 amide bonds. The van der Waals surface area contributed by atoms with Crippen LogP contribution in [0, 0.1) is 23.7 Å². The molecule has 1 saturated carbocycles. The standard InChI is InChI=1S/C25H44O4/c1-3-5-7-9-20-10-13-23(14-11-20)25-28-18-22(19-29-25)12-15-24-26-16-21(17-27-24)8-6-4-2/h6,8,20-25H,3-5,7,9-19H2,1-2H3/t20-,21-,22-,23-,24-,25-. The van der Waals surface area contributed by atoms with Gasteiger partial charge in [-0.3, -0.25) is 0 Å². The van der Waals surface area contributed by atoms with Crippen LogP contribution >= 0.6 is 0 Å². The molecule has 0 bridgehead atoms. The van der Waals surface area contributed by atoms with Gasteiger partial charge in [-0.2, -0.15) is 0 Å². The average molecular weight is 409 g/mol. The summed E-state index contributed by atoms with van der Waals surface area (Å²) in [6, 6.07) is 0. The van der Waals surface area contributed by atoms with Gasteiger partial charge in [0.25, 0.3) is 0 Å². The fraction of sp³-hybridized carbons (Fsp3) is 0.920. The third-order valence-electron chi connectivity index (χ3n) is 6.93. The van der Waals surface area contributed by atoms with Crippen LogP contribution in [0.5, 0.6) is 0 Å². The van der Waals surface area contributed by atoms with Gasteiger partial charge in [0.05, 0.1) is 26.4 Å². The minimum atomic E-state index is -0.0537. The van der Waals surface area contributed by atoms with Crippen LogP contribution in [0.15, 0.2) is 12.2 Å². The largest absolute Gasteiger partial charge is 0.352 e. The van der Waals surface area contributed by atoms with Gasteiger partial charge < -0.3 is 18.9 Å². The van der Waals surface area contributed by atoms with Crippen LogP contribution in [0.1, 0.15) is 84.5 Å². The van der Waals surface area contributed by atoms with Crippen molar-refractivity contribution < 1.29 is 18.9 Å². The van der Waals surface area contributed by atoms with Crippen LogP contribution in [0.25, 0.3) is 0 Å². The summed E-state index contributed by atoms with van der Waals surface area (Å²) in [6.45, 7) is 7.66. The second-order valence-electron chi connectivity index (χ2n) is 9.45. The summed E-state index contributed by atoms with van der Waals surface area (Å²) >= 11 is 0. The van der Waals surface area contributed by atoms with E-state index < -0.39 is 0 Å². The molecule has 0 N–H and O–H groups in total. The van der Waals surface area contributed by atoms with Crippen LogP contribution in [0.3, 0.4) is 0 Å². The van der Waals surface area contributed by atoms with E-state index in [2.05, 4.69) is 26.0 Å². The summed E-state index contributed by atoms with van der Waals surface area (Å²) in [5.74, 6) is 2.44. The van der Waals surface area contributed by atoms with E-state index in [1.54, 1.807) is 0 Å². The lowest BCUT2D eigenvalue weighted by Crippen LogP contribution is -2.39. The number of ether oxygens (including phenoxy) is 4. The number of allylic oxidation sites excluding steroid dienone is 1. The normalized spacial score (nSPS) is 36.5. The molecule has 168 valence electrons. The van der Waals surface area contributed by atoms with Crippen molar-refractivity contribution in [1.82, 2.24) is 0 Å². The molecular formula is C25H44O4. The van der Waals surface area contributed by atoms with Gasteiger partial charge in [0, 0.05) is 17.8 Å². The fourth-order valence-electron chi connectivity index (χ4n) is 4.97. The first kappa shape index (κ1) is 23.2. The maximum atomic E-state index is 6.15. The molecule has 3 aliphatic rings. The summed E-state index contributed by atoms with van der Waals surface area (Å²) in [6.07, 6.45) is 18.3. The van der Waals surface area contributed by atoms with Gasteiger partial charge in [-0.1, -0.05) is 51.7 Å². The summed E-state index contributed by atoms with van der Waals surface area (Å²) in [4.78, 5) is 0. The predicted molar refractivity (Wildman–Crippen MR) is 117 cm³/mol. The van der Waals surface area contributed by atoms with Crippen molar-refractivity contribution in [3.63, 3.8) is 0 Å². The quantitative estimate of drug-likeness (QED) is 0.323. The van der Waals surface area contributed by atoms with Gasteiger partial charge in [0.1, 0.15) is 0 Å². The van der Waals surface area contributed by atoms with Crippen molar-refractivity contribution >= 4 is 0 Å². The van der Waals surface area contributed by atoms with Crippen molar-refractivity contribution in [2.45, 2.75) is 97.1 Å². The molecule has 3 fully saturated rings. The molecule has 0 unspecified atom stereocenters. The van der Waals surface area contributed by atoms with E-state index in [0.29, 0.717) is 17.8 Å². The van der Waals surface area contributed by atoms with Gasteiger partial charge in [-0.05, 0) is 50.9 Å². The Kier molecular flexibility index (Phi) is 10.5. The molecule has 0 aromatic carbocycles. The molecule has 4 heteroatoms. The first-order valence-corrected chi connectivity index (χ1v) is 12.4. The molecule has 0 radical (unpaired) electrons. The number of hydrogen-bond acceptors (Lipinski definition) is 4. The lowest BCUT2D eigenvalue weighted by molar-refractivity contribution is -0.235. The van der Waals surface area contributed by atoms with Crippen molar-refractivity contribution in [2.75, 3.05) is 26.4 Å². The molecule has 0 atom stereocenters. The maximum absolute atomic E-state index is 6.15. The van der Waals surface area contributed by atoms with E-state index >= 15 is 0 Å². The van der Waals surface area contributed by atoms with Gasteiger partial charge >= 0.3 is 0 Å². The highest BCUT2D eigenvalue weighted by Gasteiger charge is 2.32. The fourth-order valence-corrected chi connectivity index (χ4v) is 4.97. The average Bonchev–Trinajstić information content (AvgIpc) is 2.78. The molecule has 4 nitrogen and oxygen atoms in total. The molecular weight excluding hydrogens is 364 g/mol. The number of unbranched alkanes of at least 4 members (excludes halogenated alkanes) is 2. The van der Waals surface area contributed by atoms with E-state index in [4.69, 9.17) is 18.9 Å². The predicted octanol–water partition coefficient (Wildman–Crippen LogP) is 6.10. The van der Waals surface area contributed by atoms with Gasteiger partial charge in [-0.25, -0.2) is 0 Å². The Labute approximate surface area is 178 Å². The first-order chi connectivity index (χ1) is 14.3. The zero-order valence-electron chi connectivity index (χ0n) is 18.9. The van der Waals surface area contributed by atoms with Crippen LogP contribution in [0.4, 0.5) is 0 Å². The van der Waals surface area contributed by atoms with E-state index in [-0.39, 0.29) is 12.6 Å². The Morgan fingerprint density at radius 2 is 1.45 bits per heavy atom.